The predicted octanol–water partition coefficient (Wildman–Crippen LogP) is 2.76. The molecule has 0 radical (unpaired) electrons. The number of thiocarbonyl (C=S) groups is 1. The average Bonchev–Trinajstić information content (AvgIpc) is 2.52. The van der Waals surface area contributed by atoms with Crippen molar-refractivity contribution in [2.45, 2.75) is 18.9 Å². The van der Waals surface area contributed by atoms with Gasteiger partial charge in [-0.05, 0) is 17.5 Å². The van der Waals surface area contributed by atoms with Crippen LogP contribution in [0.2, 0.25) is 0 Å². The Labute approximate surface area is 130 Å². The molecule has 1 atom stereocenters. The summed E-state index contributed by atoms with van der Waals surface area (Å²) in [6.07, 6.45) is 1.11. The quantitative estimate of drug-likeness (QED) is 0.806. The molecule has 4 heteroatoms. The van der Waals surface area contributed by atoms with Gasteiger partial charge < -0.3 is 11.1 Å². The molecule has 3 N–H and O–H groups in total. The summed E-state index contributed by atoms with van der Waals surface area (Å²) >= 11 is 5.06. The van der Waals surface area contributed by atoms with Crippen LogP contribution in [-0.4, -0.2) is 10.9 Å². The second-order valence-electron chi connectivity index (χ2n) is 4.80. The van der Waals surface area contributed by atoms with Gasteiger partial charge in [-0.3, -0.25) is 4.79 Å². The minimum Gasteiger partial charge on any atom is -0.391 e. The summed E-state index contributed by atoms with van der Waals surface area (Å²) in [4.78, 5) is 12.4. The van der Waals surface area contributed by atoms with Gasteiger partial charge in [0.05, 0.1) is 0 Å². The highest BCUT2D eigenvalue weighted by Gasteiger charge is 2.16. The maximum atomic E-state index is 12.1. The molecule has 2 aromatic carbocycles. The molecule has 21 heavy (non-hydrogen) atoms. The van der Waals surface area contributed by atoms with E-state index in [2.05, 4.69) is 5.32 Å². The van der Waals surface area contributed by atoms with Gasteiger partial charge in [0.1, 0.15) is 11.0 Å². The number of hydrogen-bond acceptors (Lipinski definition) is 2. The summed E-state index contributed by atoms with van der Waals surface area (Å²) in [6.45, 7) is 0. The molecule has 0 bridgehead atoms. The van der Waals surface area contributed by atoms with Gasteiger partial charge in [-0.2, -0.15) is 0 Å². The first-order valence-corrected chi connectivity index (χ1v) is 7.25. The van der Waals surface area contributed by atoms with E-state index < -0.39 is 6.04 Å². The molecule has 0 heterocycles. The van der Waals surface area contributed by atoms with Gasteiger partial charge in [-0.1, -0.05) is 72.9 Å². The largest absolute Gasteiger partial charge is 0.391 e. The SMILES string of the molecule is NC(=S)C(NC(=O)CCc1ccccc1)c1ccccc1. The van der Waals surface area contributed by atoms with Crippen molar-refractivity contribution in [2.75, 3.05) is 0 Å². The van der Waals surface area contributed by atoms with Crippen LogP contribution < -0.4 is 11.1 Å². The predicted molar refractivity (Wildman–Crippen MR) is 88.9 cm³/mol. The summed E-state index contributed by atoms with van der Waals surface area (Å²) in [5, 5.41) is 2.90. The molecule has 0 fully saturated rings. The Balaban J connectivity index is 1.95. The van der Waals surface area contributed by atoms with Crippen LogP contribution in [0.3, 0.4) is 0 Å². The van der Waals surface area contributed by atoms with E-state index in [9.17, 15) is 4.79 Å². The molecule has 0 saturated carbocycles. The lowest BCUT2D eigenvalue weighted by molar-refractivity contribution is -0.121. The van der Waals surface area contributed by atoms with Gasteiger partial charge in [-0.15, -0.1) is 0 Å². The van der Waals surface area contributed by atoms with Crippen LogP contribution in [0.4, 0.5) is 0 Å². The lowest BCUT2D eigenvalue weighted by Gasteiger charge is -2.18. The molecule has 1 unspecified atom stereocenters. The van der Waals surface area contributed by atoms with E-state index in [0.717, 1.165) is 11.1 Å². The molecule has 0 aliphatic heterocycles. The van der Waals surface area contributed by atoms with E-state index in [0.29, 0.717) is 12.8 Å². The monoisotopic (exact) mass is 298 g/mol. The smallest absolute Gasteiger partial charge is 0.221 e. The molecular formula is C17H18N2OS. The number of carbonyl (C=O) groups is 1. The van der Waals surface area contributed by atoms with E-state index in [1.54, 1.807) is 0 Å². The van der Waals surface area contributed by atoms with E-state index in [-0.39, 0.29) is 10.9 Å². The molecule has 2 aromatic rings. The Hall–Kier alpha value is -2.20. The summed E-state index contributed by atoms with van der Waals surface area (Å²) in [6, 6.07) is 19.0. The Morgan fingerprint density at radius 2 is 1.62 bits per heavy atom. The van der Waals surface area contributed by atoms with Crippen LogP contribution in [0.25, 0.3) is 0 Å². The number of carbonyl (C=O) groups excluding carboxylic acids is 1. The van der Waals surface area contributed by atoms with Gasteiger partial charge in [0.25, 0.3) is 0 Å². The zero-order valence-electron chi connectivity index (χ0n) is 11.7. The number of nitrogens with two attached hydrogens (primary N) is 1. The Bertz CT molecular complexity index is 599. The first-order valence-electron chi connectivity index (χ1n) is 6.84. The normalized spacial score (nSPS) is 11.6. The minimum atomic E-state index is -0.413. The lowest BCUT2D eigenvalue weighted by atomic mass is 10.1. The topological polar surface area (TPSA) is 55.1 Å². The summed E-state index contributed by atoms with van der Waals surface area (Å²) in [5.74, 6) is -0.0551. The number of benzene rings is 2. The van der Waals surface area contributed by atoms with Crippen molar-refractivity contribution in [3.05, 3.63) is 71.8 Å². The van der Waals surface area contributed by atoms with Crippen molar-refractivity contribution in [3.8, 4) is 0 Å². The van der Waals surface area contributed by atoms with Crippen LogP contribution >= 0.6 is 12.2 Å². The standard InChI is InChI=1S/C17H18N2OS/c18-17(21)16(14-9-5-2-6-10-14)19-15(20)12-11-13-7-3-1-4-8-13/h1-10,16H,11-12H2,(H2,18,21)(H,19,20). The third-order valence-corrected chi connectivity index (χ3v) is 3.44. The molecule has 1 amide bonds. The van der Waals surface area contributed by atoms with Crippen molar-refractivity contribution in [1.29, 1.82) is 0 Å². The van der Waals surface area contributed by atoms with E-state index in [4.69, 9.17) is 18.0 Å². The van der Waals surface area contributed by atoms with Gasteiger partial charge in [0, 0.05) is 6.42 Å². The number of nitrogens with one attached hydrogen (secondary N) is 1. The van der Waals surface area contributed by atoms with E-state index in [1.807, 2.05) is 60.7 Å². The number of rotatable bonds is 6. The fraction of sp³-hybridized carbons (Fsp3) is 0.176. The van der Waals surface area contributed by atoms with Gasteiger partial charge >= 0.3 is 0 Å². The molecular weight excluding hydrogens is 280 g/mol. The number of amides is 1. The average molecular weight is 298 g/mol. The zero-order chi connectivity index (χ0) is 15.1. The van der Waals surface area contributed by atoms with Gasteiger partial charge in [0.15, 0.2) is 0 Å². The van der Waals surface area contributed by atoms with Crippen molar-refractivity contribution >= 4 is 23.1 Å². The third-order valence-electron chi connectivity index (χ3n) is 3.21. The molecule has 108 valence electrons. The fourth-order valence-corrected chi connectivity index (χ4v) is 2.29. The third kappa shape index (κ3) is 4.68. The number of hydrogen-bond donors (Lipinski definition) is 2. The lowest BCUT2D eigenvalue weighted by Crippen LogP contribution is -2.36. The van der Waals surface area contributed by atoms with Crippen LogP contribution in [0.15, 0.2) is 60.7 Å². The summed E-state index contributed by atoms with van der Waals surface area (Å²) in [5.41, 5.74) is 7.78. The van der Waals surface area contributed by atoms with Gasteiger partial charge in [-0.25, -0.2) is 0 Å². The highest BCUT2D eigenvalue weighted by molar-refractivity contribution is 7.80. The maximum absolute atomic E-state index is 12.1. The van der Waals surface area contributed by atoms with Crippen molar-refractivity contribution in [3.63, 3.8) is 0 Å². The molecule has 0 aliphatic rings. The van der Waals surface area contributed by atoms with E-state index in [1.165, 1.54) is 0 Å². The fourth-order valence-electron chi connectivity index (χ4n) is 2.10. The second kappa shape index (κ2) is 7.55. The highest BCUT2D eigenvalue weighted by Crippen LogP contribution is 2.13. The summed E-state index contributed by atoms with van der Waals surface area (Å²) < 4.78 is 0. The molecule has 2 rings (SSSR count). The molecule has 3 nitrogen and oxygen atoms in total. The maximum Gasteiger partial charge on any atom is 0.221 e. The minimum absolute atomic E-state index is 0.0551. The van der Waals surface area contributed by atoms with Crippen molar-refractivity contribution < 1.29 is 4.79 Å². The molecule has 0 aromatic heterocycles. The van der Waals surface area contributed by atoms with Crippen molar-refractivity contribution in [2.24, 2.45) is 5.73 Å². The Morgan fingerprint density at radius 3 is 2.19 bits per heavy atom. The molecule has 0 spiro atoms. The van der Waals surface area contributed by atoms with Crippen LogP contribution in [0.1, 0.15) is 23.6 Å². The number of aryl methyl sites for hydroxylation is 1. The Morgan fingerprint density at radius 1 is 1.05 bits per heavy atom. The summed E-state index contributed by atoms with van der Waals surface area (Å²) in [7, 11) is 0. The van der Waals surface area contributed by atoms with Crippen LogP contribution in [0, 0.1) is 0 Å². The second-order valence-corrected chi connectivity index (χ2v) is 5.27. The molecule has 0 aliphatic carbocycles. The highest BCUT2D eigenvalue weighted by atomic mass is 32.1. The van der Waals surface area contributed by atoms with Crippen molar-refractivity contribution in [1.82, 2.24) is 5.32 Å². The van der Waals surface area contributed by atoms with Crippen LogP contribution in [0.5, 0.6) is 0 Å². The van der Waals surface area contributed by atoms with E-state index >= 15 is 0 Å². The first-order chi connectivity index (χ1) is 10.2. The molecule has 0 saturated heterocycles. The van der Waals surface area contributed by atoms with Gasteiger partial charge in [0.2, 0.25) is 5.91 Å². The zero-order valence-corrected chi connectivity index (χ0v) is 12.5. The Kier molecular flexibility index (Phi) is 5.46. The van der Waals surface area contributed by atoms with Crippen LogP contribution in [-0.2, 0) is 11.2 Å². The first kappa shape index (κ1) is 15.2.